The van der Waals surface area contributed by atoms with E-state index in [0.717, 1.165) is 16.9 Å². The second kappa shape index (κ2) is 12.5. The third-order valence-corrected chi connectivity index (χ3v) is 5.06. The van der Waals surface area contributed by atoms with Gasteiger partial charge in [-0.05, 0) is 53.9 Å². The summed E-state index contributed by atoms with van der Waals surface area (Å²) in [5.41, 5.74) is 2.42. The summed E-state index contributed by atoms with van der Waals surface area (Å²) in [4.78, 5) is 26.3. The summed E-state index contributed by atoms with van der Waals surface area (Å²) in [7, 11) is 1.58. The number of hydrogen-bond donors (Lipinski definition) is 2. The molecule has 7 nitrogen and oxygen atoms in total. The van der Waals surface area contributed by atoms with Gasteiger partial charge in [0.15, 0.2) is 0 Å². The fourth-order valence-corrected chi connectivity index (χ4v) is 3.40. The number of amides is 2. The Balaban J connectivity index is 1.53. The van der Waals surface area contributed by atoms with E-state index in [1.54, 1.807) is 43.6 Å². The molecule has 0 saturated carbocycles. The fraction of sp³-hybridized carbons (Fsp3) is 0.280. The largest absolute Gasteiger partial charge is 0.468 e. The zero-order valence-corrected chi connectivity index (χ0v) is 18.8. The number of halogens is 2. The second-order valence-corrected chi connectivity index (χ2v) is 7.62. The molecule has 2 aromatic carbocycles. The lowest BCUT2D eigenvalue weighted by Gasteiger charge is -2.21. The molecule has 3 aromatic rings. The maximum Gasteiger partial charge on any atom is 0.387 e. The van der Waals surface area contributed by atoms with Crippen molar-refractivity contribution in [2.45, 2.75) is 26.1 Å². The van der Waals surface area contributed by atoms with E-state index in [-0.39, 0.29) is 24.1 Å². The van der Waals surface area contributed by atoms with Crippen LogP contribution in [-0.2, 0) is 24.3 Å². The molecular weight excluding hydrogens is 444 g/mol. The van der Waals surface area contributed by atoms with Gasteiger partial charge in [-0.15, -0.1) is 0 Å². The average molecular weight is 472 g/mol. The van der Waals surface area contributed by atoms with E-state index in [4.69, 9.17) is 4.42 Å². The minimum absolute atomic E-state index is 0.0970. The lowest BCUT2D eigenvalue weighted by Crippen LogP contribution is -2.37. The Labute approximate surface area is 196 Å². The number of nitrogens with zero attached hydrogens (tertiary/aromatic N) is 1. The Bertz CT molecular complexity index is 1040. The SMILES string of the molecule is CNC(=O)c1ccc(CN(CC(=O)NCCc2ccc(OC(F)F)cc2)Cc2ccco2)cc1. The molecule has 0 radical (unpaired) electrons. The Morgan fingerprint density at radius 2 is 1.71 bits per heavy atom. The van der Waals surface area contributed by atoms with Gasteiger partial charge in [-0.25, -0.2) is 0 Å². The van der Waals surface area contributed by atoms with Crippen LogP contribution in [0.1, 0.15) is 27.2 Å². The molecule has 1 heterocycles. The van der Waals surface area contributed by atoms with Crippen LogP contribution in [0.5, 0.6) is 5.75 Å². The third-order valence-electron chi connectivity index (χ3n) is 5.06. The van der Waals surface area contributed by atoms with Gasteiger partial charge in [0.25, 0.3) is 5.91 Å². The van der Waals surface area contributed by atoms with Gasteiger partial charge in [-0.3, -0.25) is 14.5 Å². The topological polar surface area (TPSA) is 83.8 Å². The van der Waals surface area contributed by atoms with Crippen LogP contribution in [0.4, 0.5) is 8.78 Å². The molecule has 1 aromatic heterocycles. The quantitative estimate of drug-likeness (QED) is 0.422. The van der Waals surface area contributed by atoms with Crippen LogP contribution in [-0.4, -0.2) is 43.5 Å². The van der Waals surface area contributed by atoms with Crippen molar-refractivity contribution >= 4 is 11.8 Å². The summed E-state index contributed by atoms with van der Waals surface area (Å²) < 4.78 is 34.3. The molecule has 0 saturated heterocycles. The van der Waals surface area contributed by atoms with Crippen molar-refractivity contribution in [3.63, 3.8) is 0 Å². The van der Waals surface area contributed by atoms with E-state index in [1.807, 2.05) is 23.1 Å². The summed E-state index contributed by atoms with van der Waals surface area (Å²) in [6.07, 6.45) is 2.14. The molecule has 0 atom stereocenters. The van der Waals surface area contributed by atoms with Gasteiger partial charge in [-0.2, -0.15) is 8.78 Å². The molecule has 0 spiro atoms. The molecule has 0 bridgehead atoms. The number of carbonyl (C=O) groups is 2. The van der Waals surface area contributed by atoms with Crippen LogP contribution in [0, 0.1) is 0 Å². The number of benzene rings is 2. The molecule has 0 aliphatic rings. The summed E-state index contributed by atoms with van der Waals surface area (Å²) in [6.45, 7) is -1.36. The first-order chi connectivity index (χ1) is 16.4. The lowest BCUT2D eigenvalue weighted by molar-refractivity contribution is -0.122. The predicted octanol–water partition coefficient (Wildman–Crippen LogP) is 3.60. The molecule has 2 N–H and O–H groups in total. The van der Waals surface area contributed by atoms with Crippen molar-refractivity contribution in [2.75, 3.05) is 20.1 Å². The summed E-state index contributed by atoms with van der Waals surface area (Å²) >= 11 is 0. The van der Waals surface area contributed by atoms with Crippen LogP contribution < -0.4 is 15.4 Å². The van der Waals surface area contributed by atoms with E-state index >= 15 is 0 Å². The van der Waals surface area contributed by atoms with E-state index in [1.165, 1.54) is 12.1 Å². The fourth-order valence-electron chi connectivity index (χ4n) is 3.40. The Morgan fingerprint density at radius 3 is 2.32 bits per heavy atom. The zero-order valence-electron chi connectivity index (χ0n) is 18.8. The Kier molecular flexibility index (Phi) is 9.16. The normalized spacial score (nSPS) is 11.0. The Hall–Kier alpha value is -3.72. The number of hydrogen-bond acceptors (Lipinski definition) is 5. The third kappa shape index (κ3) is 8.00. The number of furan rings is 1. The van der Waals surface area contributed by atoms with E-state index in [0.29, 0.717) is 31.6 Å². The first-order valence-corrected chi connectivity index (χ1v) is 10.8. The first kappa shape index (κ1) is 24.9. The van der Waals surface area contributed by atoms with Gasteiger partial charge in [0.05, 0.1) is 19.4 Å². The maximum atomic E-state index is 12.6. The minimum atomic E-state index is -2.86. The highest BCUT2D eigenvalue weighted by Gasteiger charge is 2.14. The van der Waals surface area contributed by atoms with Gasteiger partial charge in [0.2, 0.25) is 5.91 Å². The van der Waals surface area contributed by atoms with Crippen LogP contribution in [0.15, 0.2) is 71.3 Å². The highest BCUT2D eigenvalue weighted by atomic mass is 19.3. The summed E-state index contributed by atoms with van der Waals surface area (Å²) in [6, 6.07) is 17.2. The summed E-state index contributed by atoms with van der Waals surface area (Å²) in [5, 5.41) is 5.48. The van der Waals surface area contributed by atoms with Gasteiger partial charge in [-0.1, -0.05) is 24.3 Å². The molecule has 180 valence electrons. The number of ether oxygens (including phenoxy) is 1. The van der Waals surface area contributed by atoms with Crippen molar-refractivity contribution in [1.82, 2.24) is 15.5 Å². The number of carbonyl (C=O) groups excluding carboxylic acids is 2. The van der Waals surface area contributed by atoms with Crippen LogP contribution >= 0.6 is 0 Å². The van der Waals surface area contributed by atoms with Gasteiger partial charge >= 0.3 is 6.61 Å². The van der Waals surface area contributed by atoms with Crippen molar-refractivity contribution < 1.29 is 27.5 Å². The standard InChI is InChI=1S/C25H27F2N3O4/c1-28-24(32)20-8-4-19(5-9-20)15-30(16-22-3-2-14-33-22)17-23(31)29-13-12-18-6-10-21(11-7-18)34-25(26)27/h2-11,14,25H,12-13,15-17H2,1H3,(H,28,32)(H,29,31). The van der Waals surface area contributed by atoms with E-state index < -0.39 is 6.61 Å². The molecule has 0 aliphatic carbocycles. The minimum Gasteiger partial charge on any atom is -0.468 e. The van der Waals surface area contributed by atoms with Crippen LogP contribution in [0.2, 0.25) is 0 Å². The zero-order chi connectivity index (χ0) is 24.3. The molecule has 3 rings (SSSR count). The summed E-state index contributed by atoms with van der Waals surface area (Å²) in [5.74, 6) is 0.529. The predicted molar refractivity (Wildman–Crippen MR) is 122 cm³/mol. The molecule has 2 amide bonds. The van der Waals surface area contributed by atoms with Gasteiger partial charge < -0.3 is 19.8 Å². The second-order valence-electron chi connectivity index (χ2n) is 7.62. The maximum absolute atomic E-state index is 12.6. The molecule has 34 heavy (non-hydrogen) atoms. The molecule has 0 unspecified atom stereocenters. The van der Waals surface area contributed by atoms with Crippen LogP contribution in [0.3, 0.4) is 0 Å². The lowest BCUT2D eigenvalue weighted by atomic mass is 10.1. The highest BCUT2D eigenvalue weighted by Crippen LogP contribution is 2.15. The number of nitrogens with one attached hydrogen (secondary N) is 2. The van der Waals surface area contributed by atoms with E-state index in [2.05, 4.69) is 15.4 Å². The van der Waals surface area contributed by atoms with Gasteiger partial charge in [0.1, 0.15) is 11.5 Å². The molecular formula is C25H27F2N3O4. The number of rotatable bonds is 12. The van der Waals surface area contributed by atoms with Crippen molar-refractivity contribution in [1.29, 1.82) is 0 Å². The molecule has 0 aliphatic heterocycles. The molecule has 0 fully saturated rings. The monoisotopic (exact) mass is 471 g/mol. The molecule has 9 heteroatoms. The smallest absolute Gasteiger partial charge is 0.387 e. The van der Waals surface area contributed by atoms with Crippen molar-refractivity contribution in [3.8, 4) is 5.75 Å². The first-order valence-electron chi connectivity index (χ1n) is 10.8. The van der Waals surface area contributed by atoms with E-state index in [9.17, 15) is 18.4 Å². The average Bonchev–Trinajstić information content (AvgIpc) is 3.33. The Morgan fingerprint density at radius 1 is 1.00 bits per heavy atom. The number of alkyl halides is 2. The van der Waals surface area contributed by atoms with Crippen LogP contribution in [0.25, 0.3) is 0 Å². The highest BCUT2D eigenvalue weighted by molar-refractivity contribution is 5.93. The van der Waals surface area contributed by atoms with Crippen molar-refractivity contribution in [3.05, 3.63) is 89.4 Å². The van der Waals surface area contributed by atoms with Gasteiger partial charge in [0, 0.05) is 25.7 Å². The van der Waals surface area contributed by atoms with Crippen molar-refractivity contribution in [2.24, 2.45) is 0 Å².